The lowest BCUT2D eigenvalue weighted by atomic mass is 10.0. The molecular weight excluding hydrogens is 1010 g/mol. The minimum Gasteiger partial charge on any atom is -0.466 e. The van der Waals surface area contributed by atoms with E-state index in [1.807, 2.05) is 6.08 Å². The zero-order valence-corrected chi connectivity index (χ0v) is 55.5. The summed E-state index contributed by atoms with van der Waals surface area (Å²) in [6, 6.07) is -0.632. The van der Waals surface area contributed by atoms with Crippen LogP contribution in [0, 0.1) is 0 Å². The third kappa shape index (κ3) is 67.2. The number of hydrogen-bond acceptors (Lipinski definition) is 5. The van der Waals surface area contributed by atoms with Gasteiger partial charge in [0.05, 0.1) is 25.4 Å². The van der Waals surface area contributed by atoms with Crippen molar-refractivity contribution in [3.05, 3.63) is 36.5 Å². The van der Waals surface area contributed by atoms with Crippen LogP contribution in [0.5, 0.6) is 0 Å². The first-order valence-corrected chi connectivity index (χ1v) is 37.3. The van der Waals surface area contributed by atoms with Gasteiger partial charge < -0.3 is 20.3 Å². The van der Waals surface area contributed by atoms with Gasteiger partial charge in [0, 0.05) is 12.8 Å². The maximum Gasteiger partial charge on any atom is 0.305 e. The summed E-state index contributed by atoms with van der Waals surface area (Å²) in [4.78, 5) is 24.6. The molecule has 2 unspecified atom stereocenters. The number of aliphatic hydroxyl groups excluding tert-OH is 2. The molecule has 3 N–H and O–H groups in total. The first kappa shape index (κ1) is 80.1. The number of esters is 1. The van der Waals surface area contributed by atoms with E-state index < -0.39 is 12.1 Å². The molecule has 0 aliphatic carbocycles. The van der Waals surface area contributed by atoms with Crippen LogP contribution in [0.3, 0.4) is 0 Å². The molecule has 0 aliphatic rings. The number of carbonyl (C=O) groups is 2. The smallest absolute Gasteiger partial charge is 0.305 e. The molecule has 0 aromatic carbocycles. The average molecular weight is 1150 g/mol. The molecule has 0 fully saturated rings. The van der Waals surface area contributed by atoms with E-state index in [4.69, 9.17) is 4.74 Å². The van der Waals surface area contributed by atoms with Crippen LogP contribution in [0.4, 0.5) is 0 Å². The third-order valence-corrected chi connectivity index (χ3v) is 17.4. The molecule has 0 saturated heterocycles. The number of hydrogen-bond donors (Lipinski definition) is 3. The molecule has 0 aromatic heterocycles. The maximum absolute atomic E-state index is 12.5. The molecule has 0 spiro atoms. The molecule has 0 aliphatic heterocycles. The van der Waals surface area contributed by atoms with E-state index in [2.05, 4.69) is 43.5 Å². The molecule has 0 radical (unpaired) electrons. The quantitative estimate of drug-likeness (QED) is 0.0320. The van der Waals surface area contributed by atoms with Gasteiger partial charge in [0.15, 0.2) is 0 Å². The molecule has 0 rings (SSSR count). The van der Waals surface area contributed by atoms with Crippen molar-refractivity contribution in [3.8, 4) is 0 Å². The van der Waals surface area contributed by atoms with Crippen molar-refractivity contribution in [2.75, 3.05) is 13.2 Å². The number of ether oxygens (including phenoxy) is 1. The minimum atomic E-state index is -0.848. The predicted octanol–water partition coefficient (Wildman–Crippen LogP) is 24.3. The Morgan fingerprint density at radius 1 is 0.341 bits per heavy atom. The van der Waals surface area contributed by atoms with Gasteiger partial charge in [-0.25, -0.2) is 0 Å². The molecule has 0 aromatic rings. The number of unbranched alkanes of at least 4 members (excludes halogenated alkanes) is 55. The fourth-order valence-electron chi connectivity index (χ4n) is 11.7. The number of rotatable bonds is 70. The first-order valence-electron chi connectivity index (χ1n) is 37.3. The number of carbonyl (C=O) groups excluding carboxylic acids is 2. The summed E-state index contributed by atoms with van der Waals surface area (Å²) < 4.78 is 5.51. The maximum atomic E-state index is 12.5. The van der Waals surface area contributed by atoms with E-state index >= 15 is 0 Å². The summed E-state index contributed by atoms with van der Waals surface area (Å²) in [5.41, 5.74) is 0. The van der Waals surface area contributed by atoms with Crippen LogP contribution in [-0.2, 0) is 14.3 Å². The van der Waals surface area contributed by atoms with Crippen LogP contribution in [0.2, 0.25) is 0 Å². The van der Waals surface area contributed by atoms with E-state index in [1.165, 1.54) is 340 Å². The largest absolute Gasteiger partial charge is 0.466 e. The van der Waals surface area contributed by atoms with Crippen molar-refractivity contribution in [2.24, 2.45) is 0 Å². The predicted molar refractivity (Wildman–Crippen MR) is 361 cm³/mol. The molecular formula is C76H145NO5. The second kappa shape index (κ2) is 71.6. The van der Waals surface area contributed by atoms with E-state index in [0.717, 1.165) is 44.9 Å². The van der Waals surface area contributed by atoms with Crippen LogP contribution < -0.4 is 5.32 Å². The lowest BCUT2D eigenvalue weighted by Crippen LogP contribution is -2.45. The molecule has 484 valence electrons. The molecule has 6 heteroatoms. The Morgan fingerprint density at radius 2 is 0.610 bits per heavy atom. The Bertz CT molecular complexity index is 1330. The van der Waals surface area contributed by atoms with E-state index in [0.29, 0.717) is 19.4 Å². The summed E-state index contributed by atoms with van der Waals surface area (Å²) in [6.45, 7) is 4.94. The van der Waals surface area contributed by atoms with Crippen LogP contribution in [0.15, 0.2) is 36.5 Å². The highest BCUT2D eigenvalue weighted by Gasteiger charge is 2.18. The fourth-order valence-corrected chi connectivity index (χ4v) is 11.7. The zero-order chi connectivity index (χ0) is 59.2. The van der Waals surface area contributed by atoms with Crippen LogP contribution in [-0.4, -0.2) is 47.4 Å². The van der Waals surface area contributed by atoms with Crippen LogP contribution >= 0.6 is 0 Å². The van der Waals surface area contributed by atoms with Gasteiger partial charge in [-0.2, -0.15) is 0 Å². The Balaban J connectivity index is 3.42. The van der Waals surface area contributed by atoms with Gasteiger partial charge in [-0.05, 0) is 64.2 Å². The molecule has 0 bridgehead atoms. The van der Waals surface area contributed by atoms with E-state index in [1.54, 1.807) is 6.08 Å². The van der Waals surface area contributed by atoms with Gasteiger partial charge in [-0.15, -0.1) is 0 Å². The van der Waals surface area contributed by atoms with Gasteiger partial charge >= 0.3 is 5.97 Å². The van der Waals surface area contributed by atoms with Crippen molar-refractivity contribution in [3.63, 3.8) is 0 Å². The molecule has 6 nitrogen and oxygen atoms in total. The van der Waals surface area contributed by atoms with Gasteiger partial charge in [0.25, 0.3) is 0 Å². The summed E-state index contributed by atoms with van der Waals surface area (Å²) in [5.74, 6) is -0.0522. The molecule has 0 heterocycles. The van der Waals surface area contributed by atoms with Gasteiger partial charge in [-0.1, -0.05) is 371 Å². The molecule has 2 atom stereocenters. The zero-order valence-electron chi connectivity index (χ0n) is 55.5. The normalized spacial score (nSPS) is 12.7. The fraction of sp³-hybridized carbons (Fsp3) is 0.895. The third-order valence-electron chi connectivity index (χ3n) is 17.4. The Labute approximate surface area is 513 Å². The number of allylic oxidation sites excluding steroid dienone is 5. The lowest BCUT2D eigenvalue weighted by molar-refractivity contribution is -0.143. The summed E-state index contributed by atoms with van der Waals surface area (Å²) in [5, 5.41) is 23.2. The van der Waals surface area contributed by atoms with Gasteiger partial charge in [-0.3, -0.25) is 9.59 Å². The monoisotopic (exact) mass is 1150 g/mol. The van der Waals surface area contributed by atoms with Gasteiger partial charge in [0.2, 0.25) is 5.91 Å². The topological polar surface area (TPSA) is 95.9 Å². The van der Waals surface area contributed by atoms with E-state index in [-0.39, 0.29) is 18.5 Å². The standard InChI is InChI=1S/C76H145NO5/c1-3-5-7-9-11-13-15-17-19-21-23-33-36-40-44-48-52-56-60-64-68-74(79)73(72-78)77-75(80)69-65-61-57-53-49-45-41-37-34-31-29-27-25-24-26-28-30-32-35-39-43-47-51-55-59-63-67-71-82-76(81)70-66-62-58-54-50-46-42-38-22-20-18-16-14-12-10-8-6-4-2/h24-25,28,30,64,68,73-74,78-79H,3-23,26-27,29,31-63,65-67,69-72H2,1-2H3,(H,77,80)/b25-24-,30-28-,68-64+. The lowest BCUT2D eigenvalue weighted by Gasteiger charge is -2.20. The Hall–Kier alpha value is -1.92. The molecule has 1 amide bonds. The van der Waals surface area contributed by atoms with E-state index in [9.17, 15) is 19.8 Å². The average Bonchev–Trinajstić information content (AvgIpc) is 3.48. The van der Waals surface area contributed by atoms with Crippen LogP contribution in [0.25, 0.3) is 0 Å². The summed E-state index contributed by atoms with van der Waals surface area (Å²) >= 11 is 0. The molecule has 0 saturated carbocycles. The van der Waals surface area contributed by atoms with Gasteiger partial charge in [0.1, 0.15) is 0 Å². The second-order valence-electron chi connectivity index (χ2n) is 25.6. The highest BCUT2D eigenvalue weighted by atomic mass is 16.5. The Kier molecular flexibility index (Phi) is 69.9. The summed E-state index contributed by atoms with van der Waals surface area (Å²) in [6.07, 6.45) is 92.4. The second-order valence-corrected chi connectivity index (χ2v) is 25.6. The number of nitrogens with one attached hydrogen (secondary N) is 1. The number of amides is 1. The van der Waals surface area contributed by atoms with Crippen molar-refractivity contribution in [1.29, 1.82) is 0 Å². The highest BCUT2D eigenvalue weighted by molar-refractivity contribution is 5.76. The highest BCUT2D eigenvalue weighted by Crippen LogP contribution is 2.19. The van der Waals surface area contributed by atoms with Crippen molar-refractivity contribution in [2.45, 2.75) is 424 Å². The summed E-state index contributed by atoms with van der Waals surface area (Å²) in [7, 11) is 0. The minimum absolute atomic E-state index is 0.0153. The van der Waals surface area contributed by atoms with Crippen molar-refractivity contribution in [1.82, 2.24) is 5.32 Å². The first-order chi connectivity index (χ1) is 40.5. The SMILES string of the molecule is CCCCCCCCCCCCCCCCCCCC/C=C/C(O)C(CO)NC(=O)CCCCCCCCCCCCC/C=C\C/C=C\CCCCCCCCCCCOC(=O)CCCCCCCCCCCCCCCCCCCC. The van der Waals surface area contributed by atoms with Crippen LogP contribution in [0.1, 0.15) is 412 Å². The molecule has 82 heavy (non-hydrogen) atoms. The van der Waals surface area contributed by atoms with Crippen molar-refractivity contribution < 1.29 is 24.5 Å². The Morgan fingerprint density at radius 3 is 0.927 bits per heavy atom. The van der Waals surface area contributed by atoms with Crippen molar-refractivity contribution >= 4 is 11.9 Å². The number of aliphatic hydroxyl groups is 2.